The average Bonchev–Trinajstić information content (AvgIpc) is 3.89. The number of fused-ring (bicyclic) bond motifs is 3. The van der Waals surface area contributed by atoms with Crippen molar-refractivity contribution < 1.29 is 48.0 Å². The fraction of sp³-hybridized carbons (Fsp3) is 0.732. The smallest absolute Gasteiger partial charge is 0.329 e. The molecule has 1 aliphatic carbocycles. The van der Waals surface area contributed by atoms with Crippen LogP contribution in [0.15, 0.2) is 66.1 Å². The highest BCUT2D eigenvalue weighted by Crippen LogP contribution is 2.40. The van der Waals surface area contributed by atoms with Crippen molar-refractivity contribution in [3.63, 3.8) is 0 Å². The molecule has 15 heteroatoms. The van der Waals surface area contributed by atoms with Gasteiger partial charge in [0.05, 0.1) is 36.6 Å². The van der Waals surface area contributed by atoms with E-state index in [-0.39, 0.29) is 85.2 Å². The summed E-state index contributed by atoms with van der Waals surface area (Å²) in [5.74, 6) is -6.12. The molecule has 71 heavy (non-hydrogen) atoms. The van der Waals surface area contributed by atoms with Crippen LogP contribution in [0.4, 0.5) is 0 Å². The summed E-state index contributed by atoms with van der Waals surface area (Å²) in [6.45, 7) is 24.9. The Kier molecular flexibility index (Phi) is 21.7. The minimum atomic E-state index is -2.40. The number of carbonyl (C=O) groups is 4. The maximum atomic E-state index is 14.6. The van der Waals surface area contributed by atoms with Crippen molar-refractivity contribution >= 4 is 23.4 Å². The van der Waals surface area contributed by atoms with Gasteiger partial charge < -0.3 is 33.7 Å². The van der Waals surface area contributed by atoms with Crippen molar-refractivity contribution in [2.75, 3.05) is 20.8 Å². The second-order valence-corrected chi connectivity index (χ2v) is 21.8. The molecule has 1 N–H and O–H groups in total. The molecule has 15 nitrogen and oxygen atoms in total. The monoisotopic (exact) mass is 990 g/mol. The first kappa shape index (κ1) is 57.7. The van der Waals surface area contributed by atoms with Gasteiger partial charge in [0, 0.05) is 51.4 Å². The largest absolute Gasteiger partial charge is 0.460 e. The zero-order valence-electron chi connectivity index (χ0n) is 45.0. The topological polar surface area (TPSA) is 181 Å². The first-order chi connectivity index (χ1) is 33.7. The van der Waals surface area contributed by atoms with Crippen LogP contribution in [0.1, 0.15) is 152 Å². The lowest BCUT2D eigenvalue weighted by Crippen LogP contribution is -2.61. The summed E-state index contributed by atoms with van der Waals surface area (Å²) in [5.41, 5.74) is 2.95. The number of aliphatic hydroxyl groups is 1. The third-order valence-electron chi connectivity index (χ3n) is 15.9. The molecule has 396 valence electrons. The van der Waals surface area contributed by atoms with Crippen molar-refractivity contribution in [3.8, 4) is 0 Å². The van der Waals surface area contributed by atoms with Gasteiger partial charge in [0.15, 0.2) is 0 Å². The van der Waals surface area contributed by atoms with Gasteiger partial charge >= 0.3 is 5.97 Å². The van der Waals surface area contributed by atoms with Crippen LogP contribution in [0, 0.1) is 41.4 Å². The van der Waals surface area contributed by atoms with Crippen molar-refractivity contribution in [1.82, 2.24) is 25.1 Å². The van der Waals surface area contributed by atoms with E-state index in [1.165, 1.54) is 4.90 Å². The quantitative estimate of drug-likeness (QED) is 0.148. The summed E-state index contributed by atoms with van der Waals surface area (Å²) >= 11 is 0. The van der Waals surface area contributed by atoms with E-state index in [1.54, 1.807) is 32.2 Å². The van der Waals surface area contributed by atoms with Gasteiger partial charge in [0.2, 0.25) is 5.79 Å². The zero-order chi connectivity index (χ0) is 52.2. The van der Waals surface area contributed by atoms with Gasteiger partial charge in [-0.3, -0.25) is 14.4 Å². The van der Waals surface area contributed by atoms with E-state index in [0.717, 1.165) is 42.4 Å². The second kappa shape index (κ2) is 26.7. The van der Waals surface area contributed by atoms with Crippen molar-refractivity contribution in [2.45, 2.75) is 201 Å². The third kappa shape index (κ3) is 15.2. The van der Waals surface area contributed by atoms with E-state index in [9.17, 15) is 24.3 Å². The van der Waals surface area contributed by atoms with Crippen LogP contribution in [-0.4, -0.2) is 123 Å². The Balaban J connectivity index is 1.48. The molecule has 4 heterocycles. The maximum Gasteiger partial charge on any atom is 0.329 e. The van der Waals surface area contributed by atoms with E-state index in [4.69, 9.17) is 23.7 Å². The summed E-state index contributed by atoms with van der Waals surface area (Å²) in [7, 11) is 3.31. The molecule has 1 amide bonds. The Hall–Kier alpha value is -4.15. The molecular weight excluding hydrogens is 903 g/mol. The third-order valence-corrected chi connectivity index (χ3v) is 15.9. The predicted octanol–water partition coefficient (Wildman–Crippen LogP) is 9.09. The van der Waals surface area contributed by atoms with Crippen molar-refractivity contribution in [1.29, 1.82) is 0 Å². The van der Waals surface area contributed by atoms with E-state index in [2.05, 4.69) is 55.0 Å². The number of cyclic esters (lactones) is 1. The van der Waals surface area contributed by atoms with Gasteiger partial charge in [0.1, 0.15) is 24.3 Å². The number of Topliss-reactive ketones (excluding diaryl/α,β-unsaturated/α-hetero) is 2. The Labute approximate surface area is 424 Å². The van der Waals surface area contributed by atoms with Crippen LogP contribution in [-0.2, 0) is 42.9 Å². The second-order valence-electron chi connectivity index (χ2n) is 21.8. The molecule has 5 rings (SSSR count). The summed E-state index contributed by atoms with van der Waals surface area (Å²) in [5, 5.41) is 23.9. The van der Waals surface area contributed by atoms with E-state index in [0.29, 0.717) is 38.5 Å². The van der Waals surface area contributed by atoms with E-state index < -0.39 is 53.5 Å². The zero-order valence-corrected chi connectivity index (χ0v) is 45.0. The lowest BCUT2D eigenvalue weighted by molar-refractivity contribution is -0.265. The number of aromatic nitrogens is 4. The highest BCUT2D eigenvalue weighted by Gasteiger charge is 2.53. The maximum absolute atomic E-state index is 14.6. The molecule has 3 fully saturated rings. The van der Waals surface area contributed by atoms with Gasteiger partial charge in [-0.1, -0.05) is 90.2 Å². The molecule has 2 saturated heterocycles. The summed E-state index contributed by atoms with van der Waals surface area (Å²) in [6, 6.07) is -1.11. The van der Waals surface area contributed by atoms with Crippen molar-refractivity contribution in [2.24, 2.45) is 41.4 Å². The number of hydrogen-bond donors (Lipinski definition) is 1. The van der Waals surface area contributed by atoms with Crippen LogP contribution >= 0.6 is 0 Å². The number of ether oxygens (including phenoxy) is 5. The van der Waals surface area contributed by atoms with Gasteiger partial charge in [-0.25, -0.2) is 9.48 Å². The molecule has 0 spiro atoms. The summed E-state index contributed by atoms with van der Waals surface area (Å²) in [6.07, 6.45) is 18.1. The number of piperidine rings is 1. The number of carbonyl (C=O) groups excluding carboxylic acids is 4. The van der Waals surface area contributed by atoms with Crippen molar-refractivity contribution in [3.05, 3.63) is 66.1 Å². The predicted molar refractivity (Wildman–Crippen MR) is 272 cm³/mol. The molecule has 3 aliphatic heterocycles. The highest BCUT2D eigenvalue weighted by molar-refractivity contribution is 6.39. The Morgan fingerprint density at radius 2 is 1.65 bits per heavy atom. The Morgan fingerprint density at radius 3 is 2.32 bits per heavy atom. The molecule has 1 aromatic heterocycles. The van der Waals surface area contributed by atoms with Crippen LogP contribution in [0.25, 0.3) is 0 Å². The first-order valence-electron chi connectivity index (χ1n) is 26.5. The van der Waals surface area contributed by atoms with E-state index >= 15 is 0 Å². The number of methoxy groups -OCH3 is 2. The minimum Gasteiger partial charge on any atom is -0.460 e. The number of rotatable bonds is 8. The molecule has 1 aromatic rings. The van der Waals surface area contributed by atoms with Crippen LogP contribution < -0.4 is 0 Å². The molecule has 1 saturated carbocycles. The first-order valence-corrected chi connectivity index (χ1v) is 26.5. The van der Waals surface area contributed by atoms with Gasteiger partial charge in [-0.15, -0.1) is 5.10 Å². The fourth-order valence-electron chi connectivity index (χ4n) is 11.4. The molecule has 0 aromatic carbocycles. The summed E-state index contributed by atoms with van der Waals surface area (Å²) < 4.78 is 32.9. The molecular formula is C56H87N5O10. The number of ketones is 2. The van der Waals surface area contributed by atoms with Gasteiger partial charge in [0.25, 0.3) is 11.7 Å². The number of esters is 1. The van der Waals surface area contributed by atoms with Crippen LogP contribution in [0.2, 0.25) is 0 Å². The number of amides is 1. The normalized spacial score (nSPS) is 38.1. The Bertz CT molecular complexity index is 2070. The molecule has 2 bridgehead atoms. The van der Waals surface area contributed by atoms with Crippen LogP contribution in [0.3, 0.4) is 0 Å². The number of hydrogen-bond acceptors (Lipinski definition) is 13. The minimum absolute atomic E-state index is 0.0193. The van der Waals surface area contributed by atoms with E-state index in [1.807, 2.05) is 65.8 Å². The Morgan fingerprint density at radius 1 is 0.901 bits per heavy atom. The average molecular weight is 990 g/mol. The fourth-order valence-corrected chi connectivity index (χ4v) is 11.4. The lowest BCUT2D eigenvalue weighted by Gasteiger charge is -2.42. The molecule has 4 aliphatic rings. The molecule has 0 unspecified atom stereocenters. The number of tetrazole rings is 1. The molecule has 15 atom stereocenters. The number of allylic oxidation sites excluding steroid dienone is 6. The highest BCUT2D eigenvalue weighted by atomic mass is 16.6. The molecule has 0 radical (unpaired) electrons. The summed E-state index contributed by atoms with van der Waals surface area (Å²) in [4.78, 5) is 59.2. The SMILES string of the molecule is C=C1[C@H](C)C[C@H](C)/C=C/C=C/C=C(\C)[C@@H](OC)C[C@@H]2CC[C@@H](C)[C@@](O)(O2)C(=O)C(=O)N2CCCC[C@H]2C(=O)O[C@H]([C@H](C)C[C@@H]2CC[C@H](n3cnnn3)[C@H](OC)C2)CC(=O)[C@H](C)/C=C(\C)[C@@H](OC(C)C)[C@H]1C. The van der Waals surface area contributed by atoms with Gasteiger partial charge in [-0.2, -0.15) is 0 Å². The van der Waals surface area contributed by atoms with Gasteiger partial charge in [-0.05, 0) is 137 Å². The van der Waals surface area contributed by atoms with Crippen LogP contribution in [0.5, 0.6) is 0 Å². The standard InChI is InChI=1S/C56H87N5O10/c1-34(2)69-52-40(8)28-38(6)48(62)32-50(39(7)29-44-23-25-46(51(30-44)68-13)61-33-57-58-59-61)70-55(65)47-21-17-18-26-60(47)54(64)53(63)56(66)41(9)22-24-45(71-56)31-49(67-12)36(4)20-16-14-15-19-35(3)27-37(5)42(10)43(52)11/h14-16,19-20,28,33-35,37-39,41,43-47,49-52,66H,10,17-18,21-27,29-32H2,1-9,11-13H3/b16-14+,19-15+,36-20+,40-28+/t35-,37-,38-,39-,41-,43+,44+,45+,46+,47+,49+,50+,51-,52-,56-/m1/s1. The number of nitrogens with zero attached hydrogens (tertiary/aromatic N) is 5. The lowest BCUT2D eigenvalue weighted by atomic mass is 9.77.